The maximum atomic E-state index is 9.06. The molecule has 0 fully saturated rings. The van der Waals surface area contributed by atoms with Gasteiger partial charge in [-0.25, -0.2) is 0 Å². The number of nitriles is 1. The maximum absolute atomic E-state index is 9.06. The van der Waals surface area contributed by atoms with Crippen LogP contribution >= 0.6 is 0 Å². The van der Waals surface area contributed by atoms with Crippen molar-refractivity contribution in [2.45, 2.75) is 0 Å². The number of hydrogen-bond acceptors (Lipinski definition) is 4. The van der Waals surface area contributed by atoms with E-state index in [1.807, 2.05) is 18.2 Å². The second kappa shape index (κ2) is 5.19. The standard InChI is InChI=1S/C14H12N2O2/c1-17-13-4-3-10(7-14(13)18-2)12-5-6-16-9-11(12)8-15/h3-7,9H,1-2H3. The molecule has 0 atom stereocenters. The fourth-order valence-electron chi connectivity index (χ4n) is 1.74. The van der Waals surface area contributed by atoms with Gasteiger partial charge in [0.25, 0.3) is 0 Å². The molecular weight excluding hydrogens is 228 g/mol. The topological polar surface area (TPSA) is 55.1 Å². The minimum Gasteiger partial charge on any atom is -0.493 e. The highest BCUT2D eigenvalue weighted by molar-refractivity contribution is 5.72. The summed E-state index contributed by atoms with van der Waals surface area (Å²) in [5.41, 5.74) is 2.25. The largest absolute Gasteiger partial charge is 0.493 e. The molecule has 0 aliphatic rings. The van der Waals surface area contributed by atoms with Crippen LogP contribution < -0.4 is 9.47 Å². The van der Waals surface area contributed by atoms with Gasteiger partial charge in [0.05, 0.1) is 19.8 Å². The van der Waals surface area contributed by atoms with Gasteiger partial charge in [-0.1, -0.05) is 6.07 Å². The normalized spacial score (nSPS) is 9.61. The van der Waals surface area contributed by atoms with E-state index in [2.05, 4.69) is 11.1 Å². The Morgan fingerprint density at radius 1 is 1.11 bits per heavy atom. The van der Waals surface area contributed by atoms with Crippen molar-refractivity contribution in [2.75, 3.05) is 14.2 Å². The SMILES string of the molecule is COc1ccc(-c2ccncc2C#N)cc1OC. The second-order valence-corrected chi connectivity index (χ2v) is 3.60. The molecule has 0 saturated heterocycles. The Bertz CT molecular complexity index is 603. The number of rotatable bonds is 3. The van der Waals surface area contributed by atoms with Crippen molar-refractivity contribution in [1.82, 2.24) is 4.98 Å². The summed E-state index contributed by atoms with van der Waals surface area (Å²) in [4.78, 5) is 3.94. The summed E-state index contributed by atoms with van der Waals surface area (Å²) < 4.78 is 10.4. The highest BCUT2D eigenvalue weighted by Crippen LogP contribution is 2.33. The summed E-state index contributed by atoms with van der Waals surface area (Å²) in [7, 11) is 3.17. The molecule has 0 unspecified atom stereocenters. The molecule has 0 aliphatic heterocycles. The molecule has 0 aliphatic carbocycles. The van der Waals surface area contributed by atoms with E-state index >= 15 is 0 Å². The molecule has 1 heterocycles. The van der Waals surface area contributed by atoms with E-state index in [9.17, 15) is 0 Å². The molecule has 1 aromatic carbocycles. The number of methoxy groups -OCH3 is 2. The van der Waals surface area contributed by atoms with E-state index in [4.69, 9.17) is 14.7 Å². The Kier molecular flexibility index (Phi) is 3.44. The molecule has 0 spiro atoms. The zero-order valence-corrected chi connectivity index (χ0v) is 10.2. The lowest BCUT2D eigenvalue weighted by atomic mass is 10.0. The quantitative estimate of drug-likeness (QED) is 0.827. The lowest BCUT2D eigenvalue weighted by molar-refractivity contribution is 0.355. The van der Waals surface area contributed by atoms with E-state index in [1.165, 1.54) is 0 Å². The average Bonchev–Trinajstić information content (AvgIpc) is 2.46. The minimum absolute atomic E-state index is 0.532. The first-order valence-corrected chi connectivity index (χ1v) is 5.36. The summed E-state index contributed by atoms with van der Waals surface area (Å²) in [6.45, 7) is 0. The maximum Gasteiger partial charge on any atom is 0.161 e. The second-order valence-electron chi connectivity index (χ2n) is 3.60. The first-order valence-electron chi connectivity index (χ1n) is 5.36. The molecule has 2 aromatic rings. The smallest absolute Gasteiger partial charge is 0.161 e. The summed E-state index contributed by atoms with van der Waals surface area (Å²) >= 11 is 0. The van der Waals surface area contributed by atoms with Crippen molar-refractivity contribution in [2.24, 2.45) is 0 Å². The van der Waals surface area contributed by atoms with Gasteiger partial charge < -0.3 is 9.47 Å². The van der Waals surface area contributed by atoms with E-state index in [-0.39, 0.29) is 0 Å². The van der Waals surface area contributed by atoms with Crippen molar-refractivity contribution in [1.29, 1.82) is 5.26 Å². The summed E-state index contributed by atoms with van der Waals surface area (Å²) in [6, 6.07) is 9.47. The van der Waals surface area contributed by atoms with Gasteiger partial charge in [0.1, 0.15) is 6.07 Å². The average molecular weight is 240 g/mol. The Morgan fingerprint density at radius 2 is 1.89 bits per heavy atom. The van der Waals surface area contributed by atoms with Gasteiger partial charge in [0.15, 0.2) is 11.5 Å². The third kappa shape index (κ3) is 2.11. The fourth-order valence-corrected chi connectivity index (χ4v) is 1.74. The fraction of sp³-hybridized carbons (Fsp3) is 0.143. The zero-order valence-electron chi connectivity index (χ0n) is 10.2. The van der Waals surface area contributed by atoms with Crippen molar-refractivity contribution in [3.63, 3.8) is 0 Å². The van der Waals surface area contributed by atoms with Gasteiger partial charge >= 0.3 is 0 Å². The van der Waals surface area contributed by atoms with E-state index in [1.54, 1.807) is 32.7 Å². The molecule has 2 rings (SSSR count). The summed E-state index contributed by atoms with van der Waals surface area (Å²) in [5.74, 6) is 1.30. The number of aromatic nitrogens is 1. The summed E-state index contributed by atoms with van der Waals surface area (Å²) in [6.07, 6.45) is 3.21. The van der Waals surface area contributed by atoms with Gasteiger partial charge in [-0.3, -0.25) is 4.98 Å². The molecule has 18 heavy (non-hydrogen) atoms. The molecule has 0 radical (unpaired) electrons. The molecule has 4 heteroatoms. The Hall–Kier alpha value is -2.54. The van der Waals surface area contributed by atoms with E-state index < -0.39 is 0 Å². The van der Waals surface area contributed by atoms with Gasteiger partial charge in [-0.2, -0.15) is 5.26 Å². The minimum atomic E-state index is 0.532. The highest BCUT2D eigenvalue weighted by Gasteiger charge is 2.09. The van der Waals surface area contributed by atoms with Crippen molar-refractivity contribution in [3.8, 4) is 28.7 Å². The molecule has 0 bridgehead atoms. The Balaban J connectivity index is 2.55. The van der Waals surface area contributed by atoms with Gasteiger partial charge in [-0.05, 0) is 23.8 Å². The van der Waals surface area contributed by atoms with Crippen LogP contribution in [-0.4, -0.2) is 19.2 Å². The van der Waals surface area contributed by atoms with Crippen LogP contribution in [0.3, 0.4) is 0 Å². The van der Waals surface area contributed by atoms with Crippen LogP contribution in [0.15, 0.2) is 36.7 Å². The van der Waals surface area contributed by atoms with Crippen molar-refractivity contribution in [3.05, 3.63) is 42.2 Å². The molecule has 4 nitrogen and oxygen atoms in total. The third-order valence-corrected chi connectivity index (χ3v) is 2.64. The van der Waals surface area contributed by atoms with Crippen LogP contribution in [0, 0.1) is 11.3 Å². The number of hydrogen-bond donors (Lipinski definition) is 0. The molecular formula is C14H12N2O2. The predicted octanol–water partition coefficient (Wildman–Crippen LogP) is 2.64. The third-order valence-electron chi connectivity index (χ3n) is 2.64. The molecule has 1 aromatic heterocycles. The van der Waals surface area contributed by atoms with Crippen LogP contribution in [0.2, 0.25) is 0 Å². The van der Waals surface area contributed by atoms with Crippen LogP contribution in [0.4, 0.5) is 0 Å². The number of ether oxygens (including phenoxy) is 2. The monoisotopic (exact) mass is 240 g/mol. The number of nitrogens with zero attached hydrogens (tertiary/aromatic N) is 2. The van der Waals surface area contributed by atoms with E-state index in [0.29, 0.717) is 17.1 Å². The van der Waals surface area contributed by atoms with Crippen molar-refractivity contribution < 1.29 is 9.47 Å². The molecule has 0 saturated carbocycles. The van der Waals surface area contributed by atoms with Crippen LogP contribution in [-0.2, 0) is 0 Å². The first kappa shape index (κ1) is 11.9. The Labute approximate surface area is 105 Å². The molecule has 90 valence electrons. The number of pyridine rings is 1. The zero-order chi connectivity index (χ0) is 13.0. The lowest BCUT2D eigenvalue weighted by Crippen LogP contribution is -1.92. The lowest BCUT2D eigenvalue weighted by Gasteiger charge is -2.10. The summed E-state index contributed by atoms with van der Waals surface area (Å²) in [5, 5.41) is 9.06. The number of benzene rings is 1. The van der Waals surface area contributed by atoms with E-state index in [0.717, 1.165) is 11.1 Å². The van der Waals surface area contributed by atoms with Crippen LogP contribution in [0.5, 0.6) is 11.5 Å². The molecule has 0 N–H and O–H groups in total. The molecule has 0 amide bonds. The van der Waals surface area contributed by atoms with Crippen molar-refractivity contribution >= 4 is 0 Å². The van der Waals surface area contributed by atoms with Gasteiger partial charge in [-0.15, -0.1) is 0 Å². The van der Waals surface area contributed by atoms with Crippen LogP contribution in [0.25, 0.3) is 11.1 Å². The van der Waals surface area contributed by atoms with Gasteiger partial charge in [0, 0.05) is 18.0 Å². The van der Waals surface area contributed by atoms with Gasteiger partial charge in [0.2, 0.25) is 0 Å². The Morgan fingerprint density at radius 3 is 2.56 bits per heavy atom. The highest BCUT2D eigenvalue weighted by atomic mass is 16.5. The first-order chi connectivity index (χ1) is 8.80. The van der Waals surface area contributed by atoms with Crippen LogP contribution in [0.1, 0.15) is 5.56 Å². The predicted molar refractivity (Wildman–Crippen MR) is 67.5 cm³/mol.